The van der Waals surface area contributed by atoms with Crippen LogP contribution in [0.2, 0.25) is 0 Å². The maximum absolute atomic E-state index is 13.7. The van der Waals surface area contributed by atoms with Crippen LogP contribution < -0.4 is 16.0 Å². The Kier molecular flexibility index (Phi) is 5.51. The Bertz CT molecular complexity index is 464. The molecule has 4 nitrogen and oxygen atoms in total. The lowest BCUT2D eigenvalue weighted by atomic mass is 9.95. The highest BCUT2D eigenvalue weighted by Crippen LogP contribution is 2.19. The molecule has 1 unspecified atom stereocenters. The lowest BCUT2D eigenvalue weighted by molar-refractivity contribution is -0.124. The van der Waals surface area contributed by atoms with Crippen LogP contribution in [0.15, 0.2) is 24.3 Å². The minimum atomic E-state index is -0.798. The van der Waals surface area contributed by atoms with E-state index in [1.54, 1.807) is 37.1 Å². The second-order valence-corrected chi connectivity index (χ2v) is 5.62. The fraction of sp³-hybridized carbons (Fsp3) is 0.533. The summed E-state index contributed by atoms with van der Waals surface area (Å²) in [6, 6.07) is 6.72. The molecule has 0 aliphatic heterocycles. The van der Waals surface area contributed by atoms with E-state index in [2.05, 4.69) is 5.32 Å². The molecule has 1 amide bonds. The standard InChI is InChI=1S/C15H24FN3O/c1-11(2)18-15(3,14(17)20)9-10-19(4)13-8-6-5-7-12(13)16/h5-8,11,18H,9-10H2,1-4H3,(H2,17,20). The van der Waals surface area contributed by atoms with Crippen LogP contribution in [-0.4, -0.2) is 31.1 Å². The molecule has 1 aromatic carbocycles. The second kappa shape index (κ2) is 6.70. The molecule has 0 saturated heterocycles. The van der Waals surface area contributed by atoms with Gasteiger partial charge < -0.3 is 16.0 Å². The molecule has 0 aliphatic carbocycles. The first-order chi connectivity index (χ1) is 9.26. The third kappa shape index (κ3) is 4.20. The van der Waals surface area contributed by atoms with E-state index in [1.165, 1.54) is 6.07 Å². The molecule has 0 radical (unpaired) electrons. The van der Waals surface area contributed by atoms with Crippen LogP contribution >= 0.6 is 0 Å². The summed E-state index contributed by atoms with van der Waals surface area (Å²) < 4.78 is 13.7. The van der Waals surface area contributed by atoms with Crippen LogP contribution in [0.25, 0.3) is 0 Å². The number of benzene rings is 1. The third-order valence-electron chi connectivity index (χ3n) is 3.36. The van der Waals surface area contributed by atoms with Crippen molar-refractivity contribution in [2.24, 2.45) is 5.73 Å². The Morgan fingerprint density at radius 2 is 2.05 bits per heavy atom. The summed E-state index contributed by atoms with van der Waals surface area (Å²) in [4.78, 5) is 13.4. The van der Waals surface area contributed by atoms with Crippen molar-refractivity contribution < 1.29 is 9.18 Å². The molecule has 0 saturated carbocycles. The van der Waals surface area contributed by atoms with E-state index in [1.807, 2.05) is 13.8 Å². The summed E-state index contributed by atoms with van der Waals surface area (Å²) in [5, 5.41) is 3.18. The number of hydrogen-bond donors (Lipinski definition) is 2. The summed E-state index contributed by atoms with van der Waals surface area (Å²) in [6.45, 7) is 6.23. The summed E-state index contributed by atoms with van der Waals surface area (Å²) in [5.74, 6) is -0.666. The zero-order valence-corrected chi connectivity index (χ0v) is 12.6. The van der Waals surface area contributed by atoms with Crippen molar-refractivity contribution in [1.29, 1.82) is 0 Å². The number of carbonyl (C=O) groups is 1. The van der Waals surface area contributed by atoms with Crippen LogP contribution in [0.5, 0.6) is 0 Å². The van der Waals surface area contributed by atoms with Gasteiger partial charge in [-0.05, 0) is 39.3 Å². The third-order valence-corrected chi connectivity index (χ3v) is 3.36. The first kappa shape index (κ1) is 16.4. The van der Waals surface area contributed by atoms with Gasteiger partial charge in [0.25, 0.3) is 0 Å². The zero-order valence-electron chi connectivity index (χ0n) is 12.6. The minimum absolute atomic E-state index is 0.145. The molecule has 0 spiro atoms. The number of nitrogens with one attached hydrogen (secondary N) is 1. The smallest absolute Gasteiger partial charge is 0.237 e. The molecule has 0 bridgehead atoms. The van der Waals surface area contributed by atoms with E-state index < -0.39 is 11.4 Å². The van der Waals surface area contributed by atoms with Crippen molar-refractivity contribution in [3.8, 4) is 0 Å². The minimum Gasteiger partial charge on any atom is -0.372 e. The molecule has 112 valence electrons. The highest BCUT2D eigenvalue weighted by atomic mass is 19.1. The number of primary amides is 1. The van der Waals surface area contributed by atoms with Crippen molar-refractivity contribution in [3.63, 3.8) is 0 Å². The van der Waals surface area contributed by atoms with Crippen LogP contribution in [0.3, 0.4) is 0 Å². The van der Waals surface area contributed by atoms with Gasteiger partial charge in [0.05, 0.1) is 11.2 Å². The number of carbonyl (C=O) groups excluding carboxylic acids is 1. The van der Waals surface area contributed by atoms with Crippen LogP contribution in [0.1, 0.15) is 27.2 Å². The number of nitrogens with two attached hydrogens (primary N) is 1. The Morgan fingerprint density at radius 1 is 1.45 bits per heavy atom. The predicted octanol–water partition coefficient (Wildman–Crippen LogP) is 1.89. The van der Waals surface area contributed by atoms with Crippen molar-refractivity contribution in [3.05, 3.63) is 30.1 Å². The Morgan fingerprint density at radius 3 is 2.55 bits per heavy atom. The van der Waals surface area contributed by atoms with Gasteiger partial charge in [0.1, 0.15) is 5.82 Å². The molecule has 0 heterocycles. The van der Waals surface area contributed by atoms with E-state index in [0.29, 0.717) is 18.7 Å². The Hall–Kier alpha value is -1.62. The number of halogens is 1. The average molecular weight is 281 g/mol. The van der Waals surface area contributed by atoms with Gasteiger partial charge in [-0.25, -0.2) is 4.39 Å². The molecule has 5 heteroatoms. The molecule has 1 aromatic rings. The number of nitrogens with zero attached hydrogens (tertiary/aromatic N) is 1. The zero-order chi connectivity index (χ0) is 15.3. The van der Waals surface area contributed by atoms with Gasteiger partial charge in [0.2, 0.25) is 5.91 Å². The fourth-order valence-electron chi connectivity index (χ4n) is 2.18. The van der Waals surface area contributed by atoms with Crippen LogP contribution in [0, 0.1) is 5.82 Å². The van der Waals surface area contributed by atoms with Crippen molar-refractivity contribution in [2.75, 3.05) is 18.5 Å². The lowest BCUT2D eigenvalue weighted by Gasteiger charge is -2.32. The maximum atomic E-state index is 13.7. The molecule has 3 N–H and O–H groups in total. The van der Waals surface area contributed by atoms with E-state index in [-0.39, 0.29) is 11.9 Å². The number of rotatable bonds is 7. The number of para-hydroxylation sites is 1. The van der Waals surface area contributed by atoms with E-state index in [0.717, 1.165) is 0 Å². The molecule has 20 heavy (non-hydrogen) atoms. The molecule has 0 aromatic heterocycles. The van der Waals surface area contributed by atoms with Gasteiger partial charge in [-0.15, -0.1) is 0 Å². The fourth-order valence-corrected chi connectivity index (χ4v) is 2.18. The molecular formula is C15H24FN3O. The van der Waals surface area contributed by atoms with Crippen molar-refractivity contribution >= 4 is 11.6 Å². The molecule has 0 aliphatic rings. The summed E-state index contributed by atoms with van der Waals surface area (Å²) >= 11 is 0. The number of hydrogen-bond acceptors (Lipinski definition) is 3. The summed E-state index contributed by atoms with van der Waals surface area (Å²) in [5.41, 5.74) is 5.20. The van der Waals surface area contributed by atoms with Crippen molar-refractivity contribution in [2.45, 2.75) is 38.8 Å². The van der Waals surface area contributed by atoms with Gasteiger partial charge >= 0.3 is 0 Å². The van der Waals surface area contributed by atoms with Gasteiger partial charge in [-0.3, -0.25) is 4.79 Å². The van der Waals surface area contributed by atoms with Crippen molar-refractivity contribution in [1.82, 2.24) is 5.32 Å². The summed E-state index contributed by atoms with van der Waals surface area (Å²) in [6.07, 6.45) is 0.505. The van der Waals surface area contributed by atoms with Gasteiger partial charge in [-0.1, -0.05) is 12.1 Å². The highest BCUT2D eigenvalue weighted by Gasteiger charge is 2.31. The van der Waals surface area contributed by atoms with Crippen LogP contribution in [-0.2, 0) is 4.79 Å². The van der Waals surface area contributed by atoms with E-state index >= 15 is 0 Å². The maximum Gasteiger partial charge on any atom is 0.237 e. The molecular weight excluding hydrogens is 257 g/mol. The Labute approximate surface area is 120 Å². The largest absolute Gasteiger partial charge is 0.372 e. The quantitative estimate of drug-likeness (QED) is 0.802. The van der Waals surface area contributed by atoms with Gasteiger partial charge in [0, 0.05) is 19.6 Å². The first-order valence-corrected chi connectivity index (χ1v) is 6.79. The average Bonchev–Trinajstić information content (AvgIpc) is 2.35. The van der Waals surface area contributed by atoms with E-state index in [9.17, 15) is 9.18 Å². The molecule has 1 atom stereocenters. The normalized spacial score (nSPS) is 14.1. The monoisotopic (exact) mass is 281 g/mol. The van der Waals surface area contributed by atoms with Gasteiger partial charge in [-0.2, -0.15) is 0 Å². The number of anilines is 1. The molecule has 0 fully saturated rings. The lowest BCUT2D eigenvalue weighted by Crippen LogP contribution is -2.56. The topological polar surface area (TPSA) is 58.4 Å². The summed E-state index contributed by atoms with van der Waals surface area (Å²) in [7, 11) is 1.80. The second-order valence-electron chi connectivity index (χ2n) is 5.62. The number of amides is 1. The first-order valence-electron chi connectivity index (χ1n) is 6.79. The molecule has 1 rings (SSSR count). The van der Waals surface area contributed by atoms with Crippen LogP contribution in [0.4, 0.5) is 10.1 Å². The van der Waals surface area contributed by atoms with E-state index in [4.69, 9.17) is 5.73 Å². The van der Waals surface area contributed by atoms with Gasteiger partial charge in [0.15, 0.2) is 0 Å². The SMILES string of the molecule is CC(C)NC(C)(CCN(C)c1ccccc1F)C(N)=O. The predicted molar refractivity (Wildman–Crippen MR) is 80.2 cm³/mol. The Balaban J connectivity index is 2.73. The highest BCUT2D eigenvalue weighted by molar-refractivity contribution is 5.84.